The Labute approximate surface area is 126 Å². The van der Waals surface area contributed by atoms with Crippen LogP contribution in [0.5, 0.6) is 0 Å². The topological polar surface area (TPSA) is 79.3 Å². The van der Waals surface area contributed by atoms with Gasteiger partial charge in [0, 0.05) is 17.1 Å². The van der Waals surface area contributed by atoms with Gasteiger partial charge in [-0.3, -0.25) is 4.79 Å². The van der Waals surface area contributed by atoms with Crippen molar-refractivity contribution in [3.63, 3.8) is 0 Å². The maximum atomic E-state index is 12.2. The number of carboxylic acid groups (broad SMARTS) is 1. The number of pyridine rings is 1. The van der Waals surface area contributed by atoms with Gasteiger partial charge in [-0.2, -0.15) is 0 Å². The van der Waals surface area contributed by atoms with Gasteiger partial charge in [-0.15, -0.1) is 0 Å². The number of hydrogen-bond acceptors (Lipinski definition) is 3. The normalized spacial score (nSPS) is 10.4. The summed E-state index contributed by atoms with van der Waals surface area (Å²) in [5.74, 6) is -0.847. The number of aromatic carboxylic acids is 1. The average molecular weight is 292 g/mol. The number of benzene rings is 2. The van der Waals surface area contributed by atoms with E-state index in [4.69, 9.17) is 5.11 Å². The third-order valence-corrected chi connectivity index (χ3v) is 3.28. The van der Waals surface area contributed by atoms with Crippen LogP contribution in [0.4, 0.5) is 5.82 Å². The Morgan fingerprint density at radius 2 is 1.73 bits per heavy atom. The largest absolute Gasteiger partial charge is 0.478 e. The van der Waals surface area contributed by atoms with Crippen LogP contribution in [0.3, 0.4) is 0 Å². The third-order valence-electron chi connectivity index (χ3n) is 3.28. The summed E-state index contributed by atoms with van der Waals surface area (Å²) < 4.78 is 0. The van der Waals surface area contributed by atoms with Crippen LogP contribution in [-0.2, 0) is 0 Å². The molecule has 108 valence electrons. The molecular formula is C17H12N2O3. The highest BCUT2D eigenvalue weighted by Gasteiger charge is 2.10. The van der Waals surface area contributed by atoms with Crippen molar-refractivity contribution in [2.45, 2.75) is 0 Å². The molecule has 0 bridgehead atoms. The van der Waals surface area contributed by atoms with E-state index in [-0.39, 0.29) is 11.5 Å². The van der Waals surface area contributed by atoms with Gasteiger partial charge in [0.05, 0.1) is 5.56 Å². The van der Waals surface area contributed by atoms with Gasteiger partial charge in [-0.1, -0.05) is 18.2 Å². The van der Waals surface area contributed by atoms with Gasteiger partial charge in [0.1, 0.15) is 5.82 Å². The van der Waals surface area contributed by atoms with Crippen LogP contribution in [0.1, 0.15) is 20.7 Å². The molecule has 5 nitrogen and oxygen atoms in total. The second-order valence-electron chi connectivity index (χ2n) is 4.72. The van der Waals surface area contributed by atoms with Gasteiger partial charge >= 0.3 is 5.97 Å². The summed E-state index contributed by atoms with van der Waals surface area (Å²) in [6, 6.07) is 15.2. The highest BCUT2D eigenvalue weighted by molar-refractivity contribution is 6.08. The Morgan fingerprint density at radius 3 is 2.45 bits per heavy atom. The molecule has 0 radical (unpaired) electrons. The number of anilines is 1. The maximum Gasteiger partial charge on any atom is 0.335 e. The molecule has 0 aliphatic heterocycles. The van der Waals surface area contributed by atoms with E-state index in [0.717, 1.165) is 0 Å². The maximum absolute atomic E-state index is 12.2. The Hall–Kier alpha value is -3.21. The number of hydrogen-bond donors (Lipinski definition) is 2. The number of aromatic nitrogens is 1. The van der Waals surface area contributed by atoms with Crippen LogP contribution in [-0.4, -0.2) is 22.0 Å². The minimum Gasteiger partial charge on any atom is -0.478 e. The van der Waals surface area contributed by atoms with Crippen molar-refractivity contribution in [1.82, 2.24) is 4.98 Å². The third kappa shape index (κ3) is 2.64. The molecule has 22 heavy (non-hydrogen) atoms. The molecule has 1 aromatic heterocycles. The molecule has 0 saturated heterocycles. The van der Waals surface area contributed by atoms with E-state index in [1.54, 1.807) is 42.5 Å². The smallest absolute Gasteiger partial charge is 0.335 e. The quantitative estimate of drug-likeness (QED) is 0.777. The number of amides is 1. The molecule has 1 heterocycles. The van der Waals surface area contributed by atoms with Gasteiger partial charge in [0.25, 0.3) is 5.91 Å². The summed E-state index contributed by atoms with van der Waals surface area (Å²) in [6.07, 6.45) is 1.54. The predicted octanol–water partition coefficient (Wildman–Crippen LogP) is 3.19. The number of nitrogens with one attached hydrogen (secondary N) is 1. The SMILES string of the molecule is O=C(O)c1ccc2c(NC(=O)c3ccccc3)nccc2c1. The number of carboxylic acids is 1. The van der Waals surface area contributed by atoms with Gasteiger partial charge in [-0.05, 0) is 41.8 Å². The zero-order valence-electron chi connectivity index (χ0n) is 11.5. The molecule has 3 aromatic rings. The van der Waals surface area contributed by atoms with Crippen LogP contribution in [0.2, 0.25) is 0 Å². The first-order valence-electron chi connectivity index (χ1n) is 6.63. The van der Waals surface area contributed by atoms with Crippen molar-refractivity contribution in [1.29, 1.82) is 0 Å². The van der Waals surface area contributed by atoms with Gasteiger partial charge in [0.15, 0.2) is 0 Å². The summed E-state index contributed by atoms with van der Waals surface area (Å²) in [4.78, 5) is 27.4. The lowest BCUT2D eigenvalue weighted by molar-refractivity contribution is 0.0697. The Bertz CT molecular complexity index is 860. The zero-order chi connectivity index (χ0) is 15.5. The first-order chi connectivity index (χ1) is 10.6. The van der Waals surface area contributed by atoms with Crippen LogP contribution in [0, 0.1) is 0 Å². The average Bonchev–Trinajstić information content (AvgIpc) is 2.55. The molecule has 0 saturated carbocycles. The molecule has 0 aliphatic carbocycles. The van der Waals surface area contributed by atoms with E-state index in [2.05, 4.69) is 10.3 Å². The van der Waals surface area contributed by atoms with Crippen LogP contribution in [0.25, 0.3) is 10.8 Å². The Kier molecular flexibility index (Phi) is 3.53. The molecule has 0 aliphatic rings. The second-order valence-corrected chi connectivity index (χ2v) is 4.72. The van der Waals surface area contributed by atoms with Gasteiger partial charge in [0.2, 0.25) is 0 Å². The minimum absolute atomic E-state index is 0.194. The highest BCUT2D eigenvalue weighted by atomic mass is 16.4. The summed E-state index contributed by atoms with van der Waals surface area (Å²) in [7, 11) is 0. The fourth-order valence-electron chi connectivity index (χ4n) is 2.18. The number of carbonyl (C=O) groups is 2. The van der Waals surface area contributed by atoms with E-state index in [9.17, 15) is 9.59 Å². The summed E-state index contributed by atoms with van der Waals surface area (Å²) >= 11 is 0. The Balaban J connectivity index is 1.97. The number of carbonyl (C=O) groups excluding carboxylic acids is 1. The minimum atomic E-state index is -0.992. The first kappa shape index (κ1) is 13.8. The highest BCUT2D eigenvalue weighted by Crippen LogP contribution is 2.22. The molecule has 1 amide bonds. The fraction of sp³-hybridized carbons (Fsp3) is 0. The zero-order valence-corrected chi connectivity index (χ0v) is 11.5. The van der Waals surface area contributed by atoms with Crippen molar-refractivity contribution in [2.24, 2.45) is 0 Å². The number of nitrogens with zero attached hydrogens (tertiary/aromatic N) is 1. The van der Waals surface area contributed by atoms with Crippen molar-refractivity contribution >= 4 is 28.5 Å². The molecule has 2 N–H and O–H groups in total. The predicted molar refractivity (Wildman–Crippen MR) is 83.1 cm³/mol. The van der Waals surface area contributed by atoms with E-state index in [0.29, 0.717) is 22.2 Å². The molecule has 0 spiro atoms. The molecule has 2 aromatic carbocycles. The van der Waals surface area contributed by atoms with Crippen molar-refractivity contribution in [2.75, 3.05) is 5.32 Å². The molecular weight excluding hydrogens is 280 g/mol. The molecule has 0 fully saturated rings. The lowest BCUT2D eigenvalue weighted by atomic mass is 10.1. The molecule has 5 heteroatoms. The van der Waals surface area contributed by atoms with E-state index in [1.807, 2.05) is 6.07 Å². The van der Waals surface area contributed by atoms with Gasteiger partial charge < -0.3 is 10.4 Å². The van der Waals surface area contributed by atoms with E-state index in [1.165, 1.54) is 12.3 Å². The van der Waals surface area contributed by atoms with Crippen molar-refractivity contribution in [3.8, 4) is 0 Å². The van der Waals surface area contributed by atoms with Gasteiger partial charge in [-0.25, -0.2) is 9.78 Å². The molecule has 0 unspecified atom stereocenters. The van der Waals surface area contributed by atoms with Crippen LogP contribution < -0.4 is 5.32 Å². The first-order valence-corrected chi connectivity index (χ1v) is 6.63. The fourth-order valence-corrected chi connectivity index (χ4v) is 2.18. The van der Waals surface area contributed by atoms with E-state index < -0.39 is 5.97 Å². The number of fused-ring (bicyclic) bond motifs is 1. The van der Waals surface area contributed by atoms with Crippen molar-refractivity contribution < 1.29 is 14.7 Å². The summed E-state index contributed by atoms with van der Waals surface area (Å²) in [5.41, 5.74) is 0.725. The van der Waals surface area contributed by atoms with Crippen LogP contribution >= 0.6 is 0 Å². The monoisotopic (exact) mass is 292 g/mol. The Morgan fingerprint density at radius 1 is 0.955 bits per heavy atom. The summed E-state index contributed by atoms with van der Waals surface area (Å²) in [6.45, 7) is 0. The number of rotatable bonds is 3. The molecule has 3 rings (SSSR count). The lowest BCUT2D eigenvalue weighted by Gasteiger charge is -2.08. The van der Waals surface area contributed by atoms with E-state index >= 15 is 0 Å². The van der Waals surface area contributed by atoms with Crippen molar-refractivity contribution in [3.05, 3.63) is 71.9 Å². The standard InChI is InChI=1S/C17H12N2O3/c20-16(11-4-2-1-3-5-11)19-15-14-7-6-13(17(21)22)10-12(14)8-9-18-15/h1-10H,(H,21,22)(H,18,19,20). The van der Waals surface area contributed by atoms with Crippen LogP contribution in [0.15, 0.2) is 60.8 Å². The summed E-state index contributed by atoms with van der Waals surface area (Å²) in [5, 5.41) is 13.2. The second kappa shape index (κ2) is 5.65. The lowest BCUT2D eigenvalue weighted by Crippen LogP contribution is -2.13. The molecule has 0 atom stereocenters.